The van der Waals surface area contributed by atoms with Gasteiger partial charge in [0.25, 0.3) is 17.7 Å². The Hall–Kier alpha value is -1.52. The van der Waals surface area contributed by atoms with E-state index >= 15 is 0 Å². The van der Waals surface area contributed by atoms with Crippen LogP contribution in [0.25, 0.3) is 0 Å². The van der Waals surface area contributed by atoms with E-state index in [9.17, 15) is 14.4 Å². The third-order valence-electron chi connectivity index (χ3n) is 5.01. The maximum absolute atomic E-state index is 13.3. The van der Waals surface area contributed by atoms with Crippen LogP contribution < -0.4 is 10.2 Å². The number of nitrogens with zero attached hydrogens (tertiary/aromatic N) is 1. The van der Waals surface area contributed by atoms with Crippen LogP contribution in [0.3, 0.4) is 0 Å². The lowest BCUT2D eigenvalue weighted by atomic mass is 10.1. The molecule has 3 aromatic rings. The van der Waals surface area contributed by atoms with Gasteiger partial charge in [0.2, 0.25) is 0 Å². The van der Waals surface area contributed by atoms with Gasteiger partial charge in [-0.2, -0.15) is 0 Å². The van der Waals surface area contributed by atoms with Crippen molar-refractivity contribution in [3.8, 4) is 0 Å². The monoisotopic (exact) mass is 702 g/mol. The molecule has 1 aliphatic heterocycles. The Morgan fingerprint density at radius 2 is 1.41 bits per heavy atom. The smallest absolute Gasteiger partial charge is 0.267 e. The molecule has 0 aliphatic carbocycles. The molecular weight excluding hydrogens is 695 g/mol. The zero-order valence-corrected chi connectivity index (χ0v) is 23.2. The van der Waals surface area contributed by atoms with Crippen LogP contribution in [-0.4, -0.2) is 17.7 Å². The Morgan fingerprint density at radius 3 is 2.00 bits per heavy atom. The summed E-state index contributed by atoms with van der Waals surface area (Å²) in [5.74, 6) is -1.54. The molecule has 3 amide bonds. The fourth-order valence-electron chi connectivity index (χ4n) is 3.36. The molecule has 162 valence electrons. The van der Waals surface area contributed by atoms with E-state index in [1.165, 1.54) is 0 Å². The van der Waals surface area contributed by atoms with Crippen molar-refractivity contribution in [2.45, 2.75) is 6.92 Å². The van der Waals surface area contributed by atoms with Gasteiger partial charge in [-0.25, -0.2) is 4.90 Å². The molecule has 1 aliphatic rings. The fraction of sp³-hybridized carbons (Fsp3) is 0.0455. The molecule has 1 N–H and O–H groups in total. The van der Waals surface area contributed by atoms with Gasteiger partial charge < -0.3 is 5.32 Å². The minimum atomic E-state index is -0.537. The average Bonchev–Trinajstić information content (AvgIpc) is 3.04. The number of hydrogen-bond donors (Lipinski definition) is 1. The largest absolute Gasteiger partial charge is 0.322 e. The summed E-state index contributed by atoms with van der Waals surface area (Å²) in [7, 11) is 0. The van der Waals surface area contributed by atoms with E-state index in [1.807, 2.05) is 0 Å². The Morgan fingerprint density at radius 1 is 0.844 bits per heavy atom. The first-order valence-electron chi connectivity index (χ1n) is 9.05. The lowest BCUT2D eigenvalue weighted by Crippen LogP contribution is -2.31. The van der Waals surface area contributed by atoms with Crippen molar-refractivity contribution < 1.29 is 14.4 Å². The van der Waals surface area contributed by atoms with Crippen LogP contribution in [0.4, 0.5) is 11.4 Å². The Kier molecular flexibility index (Phi) is 6.66. The van der Waals surface area contributed by atoms with E-state index in [2.05, 4.69) is 69.0 Å². The second-order valence-electron chi connectivity index (χ2n) is 6.84. The van der Waals surface area contributed by atoms with Crippen molar-refractivity contribution in [2.24, 2.45) is 0 Å². The summed E-state index contributed by atoms with van der Waals surface area (Å²) in [5, 5.41) is 3.33. The number of hydrogen-bond acceptors (Lipinski definition) is 3. The van der Waals surface area contributed by atoms with Crippen LogP contribution in [0.15, 0.2) is 60.4 Å². The molecule has 0 atom stereocenters. The average molecular weight is 706 g/mol. The molecule has 0 unspecified atom stereocenters. The van der Waals surface area contributed by atoms with Gasteiger partial charge in [-0.05, 0) is 100 Å². The molecule has 0 radical (unpaired) electrons. The molecule has 32 heavy (non-hydrogen) atoms. The van der Waals surface area contributed by atoms with Crippen molar-refractivity contribution in [3.63, 3.8) is 0 Å². The first-order chi connectivity index (χ1) is 15.1. The summed E-state index contributed by atoms with van der Waals surface area (Å²) < 4.78 is 2.07. The minimum Gasteiger partial charge on any atom is -0.322 e. The van der Waals surface area contributed by atoms with E-state index in [-0.39, 0.29) is 22.4 Å². The predicted molar refractivity (Wildman–Crippen MR) is 139 cm³/mol. The Balaban J connectivity index is 1.79. The summed E-state index contributed by atoms with van der Waals surface area (Å²) in [6.07, 6.45) is 0. The first-order valence-corrected chi connectivity index (χ1v) is 12.6. The first kappa shape index (κ1) is 23.6. The van der Waals surface area contributed by atoms with Crippen molar-refractivity contribution in [3.05, 3.63) is 87.6 Å². The van der Waals surface area contributed by atoms with Gasteiger partial charge in [0.05, 0.1) is 22.4 Å². The fourth-order valence-corrected chi connectivity index (χ4v) is 5.99. The number of para-hydroxylation sites is 1. The number of benzene rings is 3. The molecular formula is C22H11Br4ClN2O3. The second-order valence-corrected chi connectivity index (χ2v) is 10.4. The number of nitrogens with one attached hydrogen (secondary N) is 1. The summed E-state index contributed by atoms with van der Waals surface area (Å²) in [6.45, 7) is 1.79. The van der Waals surface area contributed by atoms with Gasteiger partial charge in [0.1, 0.15) is 0 Å². The number of amides is 3. The van der Waals surface area contributed by atoms with Crippen LogP contribution in [0.5, 0.6) is 0 Å². The number of carbonyl (C=O) groups excluding carboxylic acids is 3. The van der Waals surface area contributed by atoms with Crippen LogP contribution in [-0.2, 0) is 0 Å². The highest BCUT2D eigenvalue weighted by Gasteiger charge is 2.43. The number of fused-ring (bicyclic) bond motifs is 1. The van der Waals surface area contributed by atoms with Gasteiger partial charge in [-0.15, -0.1) is 0 Å². The van der Waals surface area contributed by atoms with Gasteiger partial charge in [-0.1, -0.05) is 29.8 Å². The number of anilines is 2. The normalized spacial score (nSPS) is 12.9. The molecule has 10 heteroatoms. The number of imide groups is 1. The minimum absolute atomic E-state index is 0.173. The van der Waals surface area contributed by atoms with Crippen LogP contribution in [0.2, 0.25) is 5.02 Å². The highest BCUT2D eigenvalue weighted by Crippen LogP contribution is 2.46. The zero-order chi connectivity index (χ0) is 23.3. The molecule has 0 fully saturated rings. The quantitative estimate of drug-likeness (QED) is 0.172. The standard InChI is InChI=1S/C22H11Br4ClN2O3/c1-9-11(27)6-4-7-12(9)28-20(30)10-5-2-3-8-13(10)29-21(31)14-15(22(29)32)17(24)19(26)18(25)16(14)23/h2-8H,1H3,(H,28,30). The topological polar surface area (TPSA) is 66.5 Å². The van der Waals surface area contributed by atoms with Crippen LogP contribution >= 0.6 is 75.3 Å². The third-order valence-corrected chi connectivity index (χ3v) is 10.2. The summed E-state index contributed by atoms with van der Waals surface area (Å²) in [5.41, 5.74) is 2.02. The summed E-state index contributed by atoms with van der Waals surface area (Å²) in [6, 6.07) is 11.6. The lowest BCUT2D eigenvalue weighted by Gasteiger charge is -2.18. The SMILES string of the molecule is Cc1c(Cl)cccc1NC(=O)c1ccccc1N1C(=O)c2c(Br)c(Br)c(Br)c(Br)c2C1=O. The van der Waals surface area contributed by atoms with Gasteiger partial charge in [0, 0.05) is 28.6 Å². The number of halogens is 5. The van der Waals surface area contributed by atoms with Crippen LogP contribution in [0, 0.1) is 6.92 Å². The van der Waals surface area contributed by atoms with Gasteiger partial charge >= 0.3 is 0 Å². The Labute approximate surface area is 222 Å². The van der Waals surface area contributed by atoms with Crippen molar-refractivity contribution in [1.82, 2.24) is 0 Å². The molecule has 5 nitrogen and oxygen atoms in total. The zero-order valence-electron chi connectivity index (χ0n) is 16.1. The highest BCUT2D eigenvalue weighted by atomic mass is 79.9. The molecule has 0 saturated carbocycles. The van der Waals surface area contributed by atoms with E-state index in [4.69, 9.17) is 11.6 Å². The number of carbonyl (C=O) groups is 3. The van der Waals surface area contributed by atoms with E-state index in [0.29, 0.717) is 34.2 Å². The van der Waals surface area contributed by atoms with Gasteiger partial charge in [-0.3, -0.25) is 14.4 Å². The Bertz CT molecular complexity index is 1300. The summed E-state index contributed by atoms with van der Waals surface area (Å²) >= 11 is 19.8. The molecule has 0 spiro atoms. The van der Waals surface area contributed by atoms with Crippen LogP contribution in [0.1, 0.15) is 36.6 Å². The van der Waals surface area contributed by atoms with Crippen molar-refractivity contribution >= 4 is 104 Å². The van der Waals surface area contributed by atoms with E-state index < -0.39 is 17.7 Å². The molecule has 3 aromatic carbocycles. The molecule has 0 bridgehead atoms. The molecule has 4 rings (SSSR count). The highest BCUT2D eigenvalue weighted by molar-refractivity contribution is 9.15. The van der Waals surface area contributed by atoms with Crippen molar-refractivity contribution in [1.29, 1.82) is 0 Å². The maximum Gasteiger partial charge on any atom is 0.267 e. The third kappa shape index (κ3) is 3.77. The molecule has 0 aromatic heterocycles. The van der Waals surface area contributed by atoms with Gasteiger partial charge in [0.15, 0.2) is 0 Å². The lowest BCUT2D eigenvalue weighted by molar-refractivity contribution is 0.0925. The number of rotatable bonds is 3. The van der Waals surface area contributed by atoms with E-state index in [0.717, 1.165) is 4.90 Å². The van der Waals surface area contributed by atoms with Crippen molar-refractivity contribution in [2.75, 3.05) is 10.2 Å². The molecule has 0 saturated heterocycles. The molecule has 1 heterocycles. The maximum atomic E-state index is 13.3. The predicted octanol–water partition coefficient (Wildman–Crippen LogP) is 7.75. The summed E-state index contributed by atoms with van der Waals surface area (Å²) in [4.78, 5) is 40.8. The van der Waals surface area contributed by atoms with E-state index in [1.54, 1.807) is 49.4 Å². The second kappa shape index (κ2) is 9.02.